The third kappa shape index (κ3) is 14.0. The lowest BCUT2D eigenvalue weighted by Crippen LogP contribution is -2.55. The molecule has 0 aromatic heterocycles. The van der Waals surface area contributed by atoms with E-state index in [1.807, 2.05) is 32.9 Å². The molecule has 1 aliphatic rings. The van der Waals surface area contributed by atoms with Gasteiger partial charge in [0.05, 0.1) is 17.3 Å². The zero-order chi connectivity index (χ0) is 49.1. The monoisotopic (exact) mass is 926 g/mol. The third-order valence-corrected chi connectivity index (χ3v) is 12.2. The van der Waals surface area contributed by atoms with Gasteiger partial charge in [0.2, 0.25) is 0 Å². The molecule has 0 unspecified atom stereocenters. The molecule has 1 heterocycles. The fourth-order valence-electron chi connectivity index (χ4n) is 8.07. The summed E-state index contributed by atoms with van der Waals surface area (Å²) in [5, 5.41) is 21.5. The zero-order valence-corrected chi connectivity index (χ0v) is 39.3. The van der Waals surface area contributed by atoms with Crippen LogP contribution in [-0.4, -0.2) is 83.8 Å². The Morgan fingerprint density at radius 3 is 1.51 bits per heavy atom. The summed E-state index contributed by atoms with van der Waals surface area (Å²) in [5.41, 5.74) is -8.72. The van der Waals surface area contributed by atoms with Crippen LogP contribution in [0.1, 0.15) is 131 Å². The highest BCUT2D eigenvalue weighted by Crippen LogP contribution is 2.47. The second-order valence-corrected chi connectivity index (χ2v) is 18.4. The van der Waals surface area contributed by atoms with Crippen LogP contribution >= 0.6 is 0 Å². The first-order chi connectivity index (χ1) is 30.1. The van der Waals surface area contributed by atoms with Crippen LogP contribution in [0.15, 0.2) is 95.6 Å². The van der Waals surface area contributed by atoms with Crippen molar-refractivity contribution in [3.05, 3.63) is 107 Å². The Labute approximate surface area is 380 Å². The van der Waals surface area contributed by atoms with Crippen LogP contribution in [0.3, 0.4) is 0 Å². The van der Waals surface area contributed by atoms with Gasteiger partial charge in [-0.3, -0.25) is 0 Å². The quantitative estimate of drug-likeness (QED) is 0.0486. The van der Waals surface area contributed by atoms with Crippen molar-refractivity contribution in [3.8, 4) is 0 Å². The van der Waals surface area contributed by atoms with Gasteiger partial charge in [0.15, 0.2) is 0 Å². The number of rotatable bonds is 23. The van der Waals surface area contributed by atoms with Crippen molar-refractivity contribution in [1.29, 1.82) is 0 Å². The van der Waals surface area contributed by atoms with Gasteiger partial charge in [0.25, 0.3) is 11.2 Å². The summed E-state index contributed by atoms with van der Waals surface area (Å²) in [6, 6.07) is 13.1. The average molecular weight is 927 g/mol. The largest absolute Gasteiger partial charge is 0.457 e. The van der Waals surface area contributed by atoms with Crippen molar-refractivity contribution in [2.45, 2.75) is 178 Å². The SMILES string of the molecule is CO[C@](C(=O)O[C@@H](CC/C(C)=C/CC/C=C(\C)CC/C=C(\C)CC[C@@H](OC(=O)[C@@](OC)(c1ccccc1)C(F)(F)F)C(C)(C)O)[C@@]1(C)CC[C@H](C(C)(C)O)O1)(c1ccccc1)C(F)(F)F. The highest BCUT2D eigenvalue weighted by Gasteiger charge is 2.66. The van der Waals surface area contributed by atoms with Gasteiger partial charge in [0, 0.05) is 25.3 Å². The molecule has 9 nitrogen and oxygen atoms in total. The molecular formula is C50H68F6O9. The number of aliphatic hydroxyl groups is 2. The molecule has 15 heteroatoms. The molecule has 6 atom stereocenters. The maximum atomic E-state index is 14.8. The molecule has 0 aliphatic carbocycles. The molecule has 65 heavy (non-hydrogen) atoms. The molecule has 1 saturated heterocycles. The maximum Gasteiger partial charge on any atom is 0.432 e. The fourth-order valence-corrected chi connectivity index (χ4v) is 8.07. The highest BCUT2D eigenvalue weighted by atomic mass is 19.4. The highest BCUT2D eigenvalue weighted by molar-refractivity contribution is 5.83. The molecule has 3 rings (SSSR count). The number of esters is 2. The van der Waals surface area contributed by atoms with E-state index in [2.05, 4.69) is 6.08 Å². The average Bonchev–Trinajstić information content (AvgIpc) is 3.63. The Balaban J connectivity index is 1.62. The molecule has 1 fully saturated rings. The topological polar surface area (TPSA) is 121 Å². The van der Waals surface area contributed by atoms with Crippen molar-refractivity contribution < 1.29 is 69.8 Å². The number of hydrogen-bond donors (Lipinski definition) is 2. The van der Waals surface area contributed by atoms with Crippen molar-refractivity contribution in [1.82, 2.24) is 0 Å². The van der Waals surface area contributed by atoms with E-state index >= 15 is 0 Å². The van der Waals surface area contributed by atoms with Crippen molar-refractivity contribution >= 4 is 11.9 Å². The normalized spacial score (nSPS) is 21.0. The molecule has 0 saturated carbocycles. The summed E-state index contributed by atoms with van der Waals surface area (Å²) >= 11 is 0. The maximum absolute atomic E-state index is 14.8. The Hall–Kier alpha value is -4.02. The molecule has 0 amide bonds. The van der Waals surface area contributed by atoms with Gasteiger partial charge >= 0.3 is 24.3 Å². The van der Waals surface area contributed by atoms with Crippen molar-refractivity contribution in [3.63, 3.8) is 0 Å². The van der Waals surface area contributed by atoms with E-state index in [-0.39, 0.29) is 12.8 Å². The molecule has 2 aromatic rings. The molecule has 1 aliphatic heterocycles. The second-order valence-electron chi connectivity index (χ2n) is 18.4. The molecule has 0 bridgehead atoms. The van der Waals surface area contributed by atoms with Crippen LogP contribution in [0.2, 0.25) is 0 Å². The first-order valence-corrected chi connectivity index (χ1v) is 22.0. The van der Waals surface area contributed by atoms with Gasteiger partial charge in [-0.2, -0.15) is 26.3 Å². The van der Waals surface area contributed by atoms with Gasteiger partial charge in [-0.05, 0) is 120 Å². The summed E-state index contributed by atoms with van der Waals surface area (Å²) in [4.78, 5) is 27.0. The number of benzene rings is 2. The molecule has 0 radical (unpaired) electrons. The van der Waals surface area contributed by atoms with E-state index < -0.39 is 81.7 Å². The first-order valence-electron chi connectivity index (χ1n) is 22.0. The third-order valence-electron chi connectivity index (χ3n) is 12.2. The van der Waals surface area contributed by atoms with Gasteiger partial charge in [-0.15, -0.1) is 0 Å². The van der Waals surface area contributed by atoms with Crippen LogP contribution in [-0.2, 0) is 44.5 Å². The molecule has 0 spiro atoms. The van der Waals surface area contributed by atoms with Crippen molar-refractivity contribution in [2.75, 3.05) is 14.2 Å². The van der Waals surface area contributed by atoms with E-state index in [1.165, 1.54) is 62.4 Å². The molecular weight excluding hydrogens is 859 g/mol. The van der Waals surface area contributed by atoms with Crippen LogP contribution in [0, 0.1) is 0 Å². The number of halogens is 6. The number of alkyl halides is 6. The van der Waals surface area contributed by atoms with E-state index in [0.29, 0.717) is 44.9 Å². The zero-order valence-electron chi connectivity index (χ0n) is 39.3. The van der Waals surface area contributed by atoms with Gasteiger partial charge in [0.1, 0.15) is 17.8 Å². The molecule has 364 valence electrons. The summed E-state index contributed by atoms with van der Waals surface area (Å²) in [6.07, 6.45) is -2.68. The number of carbonyl (C=O) groups excluding carboxylic acids is 2. The Morgan fingerprint density at radius 1 is 0.692 bits per heavy atom. The van der Waals surface area contributed by atoms with Crippen LogP contribution in [0.4, 0.5) is 26.3 Å². The number of hydrogen-bond acceptors (Lipinski definition) is 9. The van der Waals surface area contributed by atoms with Crippen LogP contribution in [0.25, 0.3) is 0 Å². The lowest BCUT2D eigenvalue weighted by atomic mass is 9.88. The minimum absolute atomic E-state index is 0.0660. The first kappa shape index (κ1) is 55.3. The van der Waals surface area contributed by atoms with Crippen LogP contribution in [0.5, 0.6) is 0 Å². The molecule has 2 N–H and O–H groups in total. The Bertz CT molecular complexity index is 1930. The number of allylic oxidation sites excluding steroid dienone is 6. The standard InChI is InChI=1S/C50H68F6O9/c1-34(22-19-23-36(3)28-30-39(44(4,5)59)63-42(57)47(61-9,49(51,52)53)37-24-13-11-14-25-37)20-17-18-21-35(2)29-31-41(46(8)33-32-40(65-46)45(6,7)60)64-43(58)48(62-10,50(54,55)56)38-26-15-12-16-27-38/h11-16,20-21,23-27,39-41,59-60H,17-19,22,28-33H2,1-10H3/b34-20+,35-21+,36-23+/t39-,40-,41+,46-,47+,48+/m1/s1. The van der Waals surface area contributed by atoms with Gasteiger partial charge < -0.3 is 33.9 Å². The minimum atomic E-state index is -5.15. The van der Waals surface area contributed by atoms with E-state index in [9.17, 15) is 46.1 Å². The Morgan fingerprint density at radius 2 is 1.11 bits per heavy atom. The second kappa shape index (κ2) is 22.6. The number of ether oxygens (including phenoxy) is 5. The van der Waals surface area contributed by atoms with E-state index in [1.54, 1.807) is 20.8 Å². The summed E-state index contributed by atoms with van der Waals surface area (Å²) in [7, 11) is 1.61. The number of methoxy groups -OCH3 is 2. The molecule has 2 aromatic carbocycles. The summed E-state index contributed by atoms with van der Waals surface area (Å²) in [6.45, 7) is 13.4. The fraction of sp³-hybridized carbons (Fsp3) is 0.600. The smallest absolute Gasteiger partial charge is 0.432 e. The van der Waals surface area contributed by atoms with Gasteiger partial charge in [-0.25, -0.2) is 9.59 Å². The van der Waals surface area contributed by atoms with Gasteiger partial charge in [-0.1, -0.05) is 95.6 Å². The van der Waals surface area contributed by atoms with Crippen molar-refractivity contribution in [2.24, 2.45) is 0 Å². The van der Waals surface area contributed by atoms with Crippen LogP contribution < -0.4 is 0 Å². The summed E-state index contributed by atoms with van der Waals surface area (Å²) < 4.78 is 115. The number of carbonyl (C=O) groups is 2. The number of unbranched alkanes of at least 4 members (excludes halogenated alkanes) is 1. The van der Waals surface area contributed by atoms with E-state index in [4.69, 9.17) is 23.7 Å². The van der Waals surface area contributed by atoms with E-state index in [0.717, 1.165) is 49.5 Å². The lowest BCUT2D eigenvalue weighted by molar-refractivity contribution is -0.282. The summed E-state index contributed by atoms with van der Waals surface area (Å²) in [5.74, 6) is -3.27. The lowest BCUT2D eigenvalue weighted by Gasteiger charge is -2.39. The predicted molar refractivity (Wildman–Crippen MR) is 235 cm³/mol. The predicted octanol–water partition coefficient (Wildman–Crippen LogP) is 11.5. The Kier molecular flexibility index (Phi) is 19.3. The minimum Gasteiger partial charge on any atom is -0.457 e.